The lowest BCUT2D eigenvalue weighted by Crippen LogP contribution is -2.45. The molecule has 2 rings (SSSR count). The van der Waals surface area contributed by atoms with Gasteiger partial charge in [0, 0.05) is 38.1 Å². The van der Waals surface area contributed by atoms with Crippen molar-refractivity contribution in [1.82, 2.24) is 15.5 Å². The van der Waals surface area contributed by atoms with Gasteiger partial charge >= 0.3 is 0 Å². The number of likely N-dealkylation sites (tertiary alicyclic amines) is 1. The van der Waals surface area contributed by atoms with Gasteiger partial charge in [0.2, 0.25) is 5.91 Å². The van der Waals surface area contributed by atoms with Gasteiger partial charge in [0.1, 0.15) is 0 Å². The highest BCUT2D eigenvalue weighted by atomic mass is 127. The summed E-state index contributed by atoms with van der Waals surface area (Å²) in [5, 5.41) is 6.92. The molecule has 1 aliphatic heterocycles. The number of guanidine groups is 1. The van der Waals surface area contributed by atoms with Gasteiger partial charge in [-0.2, -0.15) is 0 Å². The van der Waals surface area contributed by atoms with E-state index >= 15 is 0 Å². The van der Waals surface area contributed by atoms with Gasteiger partial charge in [-0.15, -0.1) is 24.0 Å². The minimum absolute atomic E-state index is 0. The van der Waals surface area contributed by atoms with E-state index < -0.39 is 0 Å². The smallest absolute Gasteiger partial charge is 0.225 e. The average molecular weight is 478 g/mol. The first-order valence-electron chi connectivity index (χ1n) is 10.4. The number of nitrogens with one attached hydrogen (secondary N) is 2. The van der Waals surface area contributed by atoms with Gasteiger partial charge in [-0.3, -0.25) is 9.79 Å². The lowest BCUT2D eigenvalue weighted by molar-refractivity contribution is -0.133. The summed E-state index contributed by atoms with van der Waals surface area (Å²) in [6.45, 7) is 11.8. The fourth-order valence-corrected chi connectivity index (χ4v) is 4.00. The van der Waals surface area contributed by atoms with Gasteiger partial charge in [0.15, 0.2) is 5.96 Å². The summed E-state index contributed by atoms with van der Waals surface area (Å²) in [5.74, 6) is 2.94. The molecule has 0 aromatic heterocycles. The number of hydrogen-bond acceptors (Lipinski definition) is 2. The molecular weight excluding hydrogens is 439 g/mol. The van der Waals surface area contributed by atoms with Crippen molar-refractivity contribution >= 4 is 35.8 Å². The van der Waals surface area contributed by atoms with Gasteiger partial charge in [0.05, 0.1) is 0 Å². The first kappa shape index (κ1) is 23.5. The van der Waals surface area contributed by atoms with E-state index in [-0.39, 0.29) is 35.8 Å². The highest BCUT2D eigenvalue weighted by molar-refractivity contribution is 14.0. The molecule has 2 aliphatic rings. The number of rotatable bonds is 6. The van der Waals surface area contributed by atoms with Crippen LogP contribution in [-0.2, 0) is 4.79 Å². The molecule has 5 nitrogen and oxygen atoms in total. The molecule has 1 aliphatic carbocycles. The maximum absolute atomic E-state index is 12.1. The SMILES string of the molecule is CCNC(=NCC1CCC(CC)CC1)NC1CCN(C(=O)C(C)C)C1.I. The Balaban J connectivity index is 0.00000338. The number of amides is 1. The molecule has 2 N–H and O–H groups in total. The van der Waals surface area contributed by atoms with E-state index in [4.69, 9.17) is 4.99 Å². The van der Waals surface area contributed by atoms with Crippen LogP contribution in [0.1, 0.15) is 66.2 Å². The lowest BCUT2D eigenvalue weighted by Gasteiger charge is -2.27. The maximum atomic E-state index is 12.1. The molecule has 26 heavy (non-hydrogen) atoms. The molecule has 152 valence electrons. The predicted octanol–water partition coefficient (Wildman–Crippen LogP) is 3.63. The van der Waals surface area contributed by atoms with Crippen LogP contribution in [0, 0.1) is 17.8 Å². The first-order valence-corrected chi connectivity index (χ1v) is 10.4. The molecule has 0 bridgehead atoms. The number of carbonyl (C=O) groups excluding carboxylic acids is 1. The zero-order valence-electron chi connectivity index (χ0n) is 17.1. The summed E-state index contributed by atoms with van der Waals surface area (Å²) < 4.78 is 0. The fourth-order valence-electron chi connectivity index (χ4n) is 4.00. The maximum Gasteiger partial charge on any atom is 0.225 e. The summed E-state index contributed by atoms with van der Waals surface area (Å²) in [5.41, 5.74) is 0. The van der Waals surface area contributed by atoms with Crippen molar-refractivity contribution in [3.8, 4) is 0 Å². The second kappa shape index (κ2) is 12.0. The average Bonchev–Trinajstić information content (AvgIpc) is 3.08. The molecule has 0 aromatic carbocycles. The quantitative estimate of drug-likeness (QED) is 0.348. The molecule has 1 amide bonds. The number of halogens is 1. The van der Waals surface area contributed by atoms with Crippen molar-refractivity contribution in [2.24, 2.45) is 22.7 Å². The Kier molecular flexibility index (Phi) is 10.9. The Morgan fingerprint density at radius 1 is 1.12 bits per heavy atom. The zero-order valence-corrected chi connectivity index (χ0v) is 19.4. The van der Waals surface area contributed by atoms with Crippen molar-refractivity contribution in [2.75, 3.05) is 26.2 Å². The van der Waals surface area contributed by atoms with Crippen LogP contribution in [0.2, 0.25) is 0 Å². The monoisotopic (exact) mass is 478 g/mol. The van der Waals surface area contributed by atoms with Gasteiger partial charge in [0.25, 0.3) is 0 Å². The minimum atomic E-state index is 0. The van der Waals surface area contributed by atoms with Gasteiger partial charge in [-0.25, -0.2) is 0 Å². The molecule has 1 saturated heterocycles. The Labute approximate surface area is 177 Å². The number of hydrogen-bond donors (Lipinski definition) is 2. The second-order valence-electron chi connectivity index (χ2n) is 8.08. The first-order chi connectivity index (χ1) is 12.0. The van der Waals surface area contributed by atoms with Crippen LogP contribution in [0.4, 0.5) is 0 Å². The predicted molar refractivity (Wildman–Crippen MR) is 120 cm³/mol. The Morgan fingerprint density at radius 3 is 2.35 bits per heavy atom. The molecule has 1 atom stereocenters. The van der Waals surface area contributed by atoms with E-state index in [2.05, 4.69) is 24.5 Å². The van der Waals surface area contributed by atoms with Crippen LogP contribution in [0.15, 0.2) is 4.99 Å². The molecule has 0 spiro atoms. The summed E-state index contributed by atoms with van der Waals surface area (Å²) in [6.07, 6.45) is 7.71. The van der Waals surface area contributed by atoms with Crippen molar-refractivity contribution < 1.29 is 4.79 Å². The third-order valence-corrected chi connectivity index (χ3v) is 5.73. The number of carbonyl (C=O) groups is 1. The highest BCUT2D eigenvalue weighted by Crippen LogP contribution is 2.30. The molecule has 0 radical (unpaired) electrons. The van der Waals surface area contributed by atoms with Gasteiger partial charge in [-0.05, 0) is 38.0 Å². The van der Waals surface area contributed by atoms with E-state index in [1.165, 1.54) is 32.1 Å². The summed E-state index contributed by atoms with van der Waals surface area (Å²) >= 11 is 0. The lowest BCUT2D eigenvalue weighted by atomic mass is 9.81. The third-order valence-electron chi connectivity index (χ3n) is 5.73. The van der Waals surface area contributed by atoms with Crippen LogP contribution in [0.3, 0.4) is 0 Å². The van der Waals surface area contributed by atoms with Crippen molar-refractivity contribution in [3.63, 3.8) is 0 Å². The standard InChI is InChI=1S/C20H38N4O.HI/c1-5-16-7-9-17(10-8-16)13-22-20(21-6-2)23-18-11-12-24(14-18)19(25)15(3)4;/h15-18H,5-14H2,1-4H3,(H2,21,22,23);1H. The number of nitrogens with zero attached hydrogens (tertiary/aromatic N) is 2. The molecule has 2 fully saturated rings. The van der Waals surface area contributed by atoms with Crippen LogP contribution in [0.25, 0.3) is 0 Å². The van der Waals surface area contributed by atoms with E-state index in [0.717, 1.165) is 50.4 Å². The van der Waals surface area contributed by atoms with Crippen LogP contribution >= 0.6 is 24.0 Å². The molecule has 1 heterocycles. The summed E-state index contributed by atoms with van der Waals surface area (Å²) in [4.78, 5) is 19.0. The normalized spacial score (nSPS) is 26.6. The molecular formula is C20H39IN4O. The zero-order chi connectivity index (χ0) is 18.2. The fraction of sp³-hybridized carbons (Fsp3) is 0.900. The third kappa shape index (κ3) is 7.24. The van der Waals surface area contributed by atoms with Crippen molar-refractivity contribution in [2.45, 2.75) is 72.3 Å². The van der Waals surface area contributed by atoms with E-state index in [1.807, 2.05) is 18.7 Å². The summed E-state index contributed by atoms with van der Waals surface area (Å²) in [6, 6.07) is 0.316. The van der Waals surface area contributed by atoms with E-state index in [1.54, 1.807) is 0 Å². The molecule has 0 aromatic rings. The number of aliphatic imine (C=N–C) groups is 1. The topological polar surface area (TPSA) is 56.7 Å². The minimum Gasteiger partial charge on any atom is -0.357 e. The van der Waals surface area contributed by atoms with Crippen molar-refractivity contribution in [1.29, 1.82) is 0 Å². The van der Waals surface area contributed by atoms with E-state index in [9.17, 15) is 4.79 Å². The largest absolute Gasteiger partial charge is 0.357 e. The van der Waals surface area contributed by atoms with Gasteiger partial charge < -0.3 is 15.5 Å². The Hall–Kier alpha value is -0.530. The molecule has 1 saturated carbocycles. The molecule has 6 heteroatoms. The van der Waals surface area contributed by atoms with Crippen molar-refractivity contribution in [3.05, 3.63) is 0 Å². The van der Waals surface area contributed by atoms with Gasteiger partial charge in [-0.1, -0.05) is 40.0 Å². The van der Waals surface area contributed by atoms with Crippen LogP contribution < -0.4 is 10.6 Å². The Bertz CT molecular complexity index is 447. The van der Waals surface area contributed by atoms with Crippen LogP contribution in [-0.4, -0.2) is 49.0 Å². The second-order valence-corrected chi connectivity index (χ2v) is 8.08. The van der Waals surface area contributed by atoms with Crippen LogP contribution in [0.5, 0.6) is 0 Å². The summed E-state index contributed by atoms with van der Waals surface area (Å²) in [7, 11) is 0. The molecule has 1 unspecified atom stereocenters. The Morgan fingerprint density at radius 2 is 1.77 bits per heavy atom. The highest BCUT2D eigenvalue weighted by Gasteiger charge is 2.28. The van der Waals surface area contributed by atoms with E-state index in [0.29, 0.717) is 6.04 Å².